The van der Waals surface area contributed by atoms with Gasteiger partial charge in [-0.25, -0.2) is 0 Å². The van der Waals surface area contributed by atoms with Crippen molar-refractivity contribution < 1.29 is 4.74 Å². The lowest BCUT2D eigenvalue weighted by Gasteiger charge is -2.28. The second-order valence-electron chi connectivity index (χ2n) is 4.02. The second-order valence-corrected chi connectivity index (χ2v) is 4.02. The summed E-state index contributed by atoms with van der Waals surface area (Å²) < 4.78 is 5.84. The molecule has 1 aliphatic carbocycles. The van der Waals surface area contributed by atoms with Crippen LogP contribution in [0.15, 0.2) is 0 Å². The van der Waals surface area contributed by atoms with E-state index in [9.17, 15) is 0 Å². The van der Waals surface area contributed by atoms with E-state index in [-0.39, 0.29) is 0 Å². The van der Waals surface area contributed by atoms with Crippen LogP contribution in [0.4, 0.5) is 0 Å². The molecule has 0 radical (unpaired) electrons. The van der Waals surface area contributed by atoms with Crippen molar-refractivity contribution in [2.24, 2.45) is 5.92 Å². The molecule has 1 rings (SSSR count). The summed E-state index contributed by atoms with van der Waals surface area (Å²) in [6.07, 6.45) is 8.51. The SMILES string of the molecule is CCCCOC1CCCCC1C. The summed E-state index contributed by atoms with van der Waals surface area (Å²) in [4.78, 5) is 0. The molecule has 0 bridgehead atoms. The van der Waals surface area contributed by atoms with Crippen molar-refractivity contribution in [3.8, 4) is 0 Å². The van der Waals surface area contributed by atoms with Gasteiger partial charge in [-0.15, -0.1) is 0 Å². The monoisotopic (exact) mass is 170 g/mol. The minimum absolute atomic E-state index is 0.574. The Hall–Kier alpha value is -0.0400. The van der Waals surface area contributed by atoms with Crippen LogP contribution in [0.3, 0.4) is 0 Å². The van der Waals surface area contributed by atoms with Crippen molar-refractivity contribution in [3.05, 3.63) is 0 Å². The third kappa shape index (κ3) is 3.14. The zero-order valence-corrected chi connectivity index (χ0v) is 8.51. The van der Waals surface area contributed by atoms with E-state index in [1.54, 1.807) is 0 Å². The Bertz CT molecular complexity index is 112. The van der Waals surface area contributed by atoms with Crippen molar-refractivity contribution in [1.29, 1.82) is 0 Å². The molecule has 2 unspecified atom stereocenters. The van der Waals surface area contributed by atoms with Gasteiger partial charge in [0.15, 0.2) is 0 Å². The van der Waals surface area contributed by atoms with Gasteiger partial charge in [-0.1, -0.05) is 33.1 Å². The molecule has 0 N–H and O–H groups in total. The Balaban J connectivity index is 2.11. The van der Waals surface area contributed by atoms with Crippen molar-refractivity contribution in [2.45, 2.75) is 58.5 Å². The Morgan fingerprint density at radius 1 is 1.25 bits per heavy atom. The molecular weight excluding hydrogens is 148 g/mol. The highest BCUT2D eigenvalue weighted by Gasteiger charge is 2.21. The molecule has 0 aromatic rings. The predicted octanol–water partition coefficient (Wildman–Crippen LogP) is 3.38. The molecule has 1 fully saturated rings. The number of ether oxygens (including phenoxy) is 1. The number of unbranched alkanes of at least 4 members (excludes halogenated alkanes) is 1. The Kier molecular flexibility index (Phi) is 4.67. The third-order valence-electron chi connectivity index (χ3n) is 2.86. The van der Waals surface area contributed by atoms with E-state index >= 15 is 0 Å². The van der Waals surface area contributed by atoms with E-state index in [0.29, 0.717) is 6.10 Å². The standard InChI is InChI=1S/C11H22O/c1-3-4-9-12-11-8-6-5-7-10(11)2/h10-11H,3-9H2,1-2H3. The first-order valence-electron chi connectivity index (χ1n) is 5.46. The summed E-state index contributed by atoms with van der Waals surface area (Å²) in [6.45, 7) is 5.52. The van der Waals surface area contributed by atoms with Gasteiger partial charge in [-0.05, 0) is 25.2 Å². The van der Waals surface area contributed by atoms with Gasteiger partial charge >= 0.3 is 0 Å². The minimum atomic E-state index is 0.574. The van der Waals surface area contributed by atoms with Crippen LogP contribution in [0, 0.1) is 5.92 Å². The largest absolute Gasteiger partial charge is 0.378 e. The zero-order chi connectivity index (χ0) is 8.81. The topological polar surface area (TPSA) is 9.23 Å². The van der Waals surface area contributed by atoms with Crippen molar-refractivity contribution >= 4 is 0 Å². The van der Waals surface area contributed by atoms with Crippen LogP contribution in [0.2, 0.25) is 0 Å². The first-order valence-corrected chi connectivity index (χ1v) is 5.46. The van der Waals surface area contributed by atoms with Crippen LogP contribution >= 0.6 is 0 Å². The first kappa shape index (κ1) is 10.0. The summed E-state index contributed by atoms with van der Waals surface area (Å²) >= 11 is 0. The van der Waals surface area contributed by atoms with E-state index < -0.39 is 0 Å². The lowest BCUT2D eigenvalue weighted by atomic mass is 9.88. The van der Waals surface area contributed by atoms with Crippen molar-refractivity contribution in [2.75, 3.05) is 6.61 Å². The smallest absolute Gasteiger partial charge is 0.0600 e. The summed E-state index contributed by atoms with van der Waals surface area (Å²) in [5, 5.41) is 0. The predicted molar refractivity (Wildman–Crippen MR) is 52.3 cm³/mol. The fourth-order valence-electron chi connectivity index (χ4n) is 1.91. The second kappa shape index (κ2) is 5.58. The van der Waals surface area contributed by atoms with E-state index in [1.807, 2.05) is 0 Å². The lowest BCUT2D eigenvalue weighted by molar-refractivity contribution is -0.00605. The summed E-state index contributed by atoms with van der Waals surface area (Å²) in [5.41, 5.74) is 0. The molecule has 1 nitrogen and oxygen atoms in total. The van der Waals surface area contributed by atoms with Gasteiger partial charge in [0.1, 0.15) is 0 Å². The first-order chi connectivity index (χ1) is 5.84. The fourth-order valence-corrected chi connectivity index (χ4v) is 1.91. The normalized spacial score (nSPS) is 30.5. The molecular formula is C11H22O. The molecule has 72 valence electrons. The molecule has 0 spiro atoms. The quantitative estimate of drug-likeness (QED) is 0.588. The van der Waals surface area contributed by atoms with Gasteiger partial charge in [0.05, 0.1) is 6.10 Å². The highest BCUT2D eigenvalue weighted by molar-refractivity contribution is 4.72. The molecule has 1 heteroatoms. The highest BCUT2D eigenvalue weighted by atomic mass is 16.5. The molecule has 1 saturated carbocycles. The summed E-state index contributed by atoms with van der Waals surface area (Å²) in [5.74, 6) is 0.801. The van der Waals surface area contributed by atoms with Gasteiger partial charge < -0.3 is 4.74 Å². The minimum Gasteiger partial charge on any atom is -0.378 e. The summed E-state index contributed by atoms with van der Waals surface area (Å²) in [6, 6.07) is 0. The average molecular weight is 170 g/mol. The van der Waals surface area contributed by atoms with Gasteiger partial charge in [-0.3, -0.25) is 0 Å². The molecule has 2 atom stereocenters. The van der Waals surface area contributed by atoms with Crippen LogP contribution in [0.1, 0.15) is 52.4 Å². The lowest BCUT2D eigenvalue weighted by Crippen LogP contribution is -2.25. The molecule has 0 aliphatic heterocycles. The molecule has 1 aliphatic rings. The molecule has 0 amide bonds. The Morgan fingerprint density at radius 3 is 2.67 bits per heavy atom. The highest BCUT2D eigenvalue weighted by Crippen LogP contribution is 2.26. The van der Waals surface area contributed by atoms with E-state index in [4.69, 9.17) is 4.74 Å². The van der Waals surface area contributed by atoms with Crippen LogP contribution in [0.25, 0.3) is 0 Å². The third-order valence-corrected chi connectivity index (χ3v) is 2.86. The van der Waals surface area contributed by atoms with E-state index in [1.165, 1.54) is 38.5 Å². The molecule has 0 aromatic heterocycles. The molecule has 0 aromatic carbocycles. The molecule has 12 heavy (non-hydrogen) atoms. The van der Waals surface area contributed by atoms with Crippen LogP contribution in [0.5, 0.6) is 0 Å². The number of rotatable bonds is 4. The average Bonchev–Trinajstić information content (AvgIpc) is 2.09. The number of hydrogen-bond donors (Lipinski definition) is 0. The maximum Gasteiger partial charge on any atom is 0.0600 e. The Morgan fingerprint density at radius 2 is 2.00 bits per heavy atom. The summed E-state index contributed by atoms with van der Waals surface area (Å²) in [7, 11) is 0. The Labute approximate surface area is 76.5 Å². The van der Waals surface area contributed by atoms with Crippen LogP contribution in [-0.4, -0.2) is 12.7 Å². The maximum absolute atomic E-state index is 5.84. The maximum atomic E-state index is 5.84. The molecule has 0 heterocycles. The van der Waals surface area contributed by atoms with Crippen molar-refractivity contribution in [1.82, 2.24) is 0 Å². The van der Waals surface area contributed by atoms with Gasteiger partial charge in [0, 0.05) is 6.61 Å². The van der Waals surface area contributed by atoms with E-state index in [0.717, 1.165) is 12.5 Å². The van der Waals surface area contributed by atoms with Gasteiger partial charge in [0.2, 0.25) is 0 Å². The van der Waals surface area contributed by atoms with Crippen molar-refractivity contribution in [3.63, 3.8) is 0 Å². The molecule has 0 saturated heterocycles. The number of hydrogen-bond acceptors (Lipinski definition) is 1. The zero-order valence-electron chi connectivity index (χ0n) is 8.51. The fraction of sp³-hybridized carbons (Fsp3) is 1.00. The van der Waals surface area contributed by atoms with Crippen LogP contribution in [-0.2, 0) is 4.74 Å². The van der Waals surface area contributed by atoms with E-state index in [2.05, 4.69) is 13.8 Å². The van der Waals surface area contributed by atoms with Gasteiger partial charge in [0.25, 0.3) is 0 Å². The van der Waals surface area contributed by atoms with Crippen LogP contribution < -0.4 is 0 Å². The van der Waals surface area contributed by atoms with Gasteiger partial charge in [-0.2, -0.15) is 0 Å².